The molecule has 3 rings (SSSR count). The maximum Gasteiger partial charge on any atom is 0.251 e. The van der Waals surface area contributed by atoms with Gasteiger partial charge < -0.3 is 15.2 Å². The third-order valence-electron chi connectivity index (χ3n) is 4.58. The summed E-state index contributed by atoms with van der Waals surface area (Å²) < 4.78 is 19.9. The van der Waals surface area contributed by atoms with Crippen molar-refractivity contribution in [3.8, 4) is 11.1 Å². The number of benzene rings is 2. The van der Waals surface area contributed by atoms with Crippen molar-refractivity contribution in [3.63, 3.8) is 0 Å². The fourth-order valence-electron chi connectivity index (χ4n) is 3.07. The molecule has 0 saturated carbocycles. The zero-order valence-electron chi connectivity index (χ0n) is 14.9. The summed E-state index contributed by atoms with van der Waals surface area (Å²) in [7, 11) is 0. The highest BCUT2D eigenvalue weighted by atomic mass is 19.1. The van der Waals surface area contributed by atoms with Crippen LogP contribution in [0.4, 0.5) is 10.1 Å². The van der Waals surface area contributed by atoms with E-state index in [0.717, 1.165) is 12.8 Å². The topological polar surface area (TPSA) is 70.9 Å². The van der Waals surface area contributed by atoms with Crippen LogP contribution in [0, 0.1) is 5.82 Å². The molecule has 2 aromatic carbocycles. The van der Waals surface area contributed by atoms with Gasteiger partial charge in [0.2, 0.25) is 0 Å². The minimum absolute atomic E-state index is 0.0473. The van der Waals surface area contributed by atoms with Crippen LogP contribution in [0.1, 0.15) is 28.8 Å². The predicted octanol–water partition coefficient (Wildman–Crippen LogP) is 4.26. The molecular formula is C21H21FN2O3. The summed E-state index contributed by atoms with van der Waals surface area (Å²) in [6.45, 7) is 8.18. The number of carbonyl (C=O) groups excluding carboxylic acids is 1. The molecule has 1 aliphatic rings. The number of aliphatic hydroxyl groups is 1. The summed E-state index contributed by atoms with van der Waals surface area (Å²) in [6, 6.07) is 9.30. The van der Waals surface area contributed by atoms with Crippen LogP contribution in [0.5, 0.6) is 0 Å². The van der Waals surface area contributed by atoms with Crippen LogP contribution in [0.15, 0.2) is 48.0 Å². The molecule has 0 radical (unpaired) electrons. The monoisotopic (exact) mass is 368 g/mol. The molecule has 2 N–H and O–H groups in total. The average molecular weight is 368 g/mol. The third kappa shape index (κ3) is 4.23. The standard InChI is InChI=1S/C21H21FN2O3/c1-13(25)18-11-14(4-6-20(18)23-2)17-5-3-15(12-19(17)22)21(26)24-16-7-9-27-10-8-16/h3-6,11-12,16,25H,1-2,7-10H2,(H,24,26). The molecule has 6 heteroatoms. The number of carbonyl (C=O) groups is 1. The number of amides is 1. The maximum absolute atomic E-state index is 14.7. The second-order valence-electron chi connectivity index (χ2n) is 6.39. The Kier molecular flexibility index (Phi) is 5.66. The summed E-state index contributed by atoms with van der Waals surface area (Å²) in [4.78, 5) is 16.2. The minimum Gasteiger partial charge on any atom is -0.508 e. The summed E-state index contributed by atoms with van der Waals surface area (Å²) in [5.74, 6) is -1.00. The first-order valence-corrected chi connectivity index (χ1v) is 8.67. The smallest absolute Gasteiger partial charge is 0.251 e. The molecule has 1 fully saturated rings. The third-order valence-corrected chi connectivity index (χ3v) is 4.58. The second kappa shape index (κ2) is 8.14. The molecule has 0 unspecified atom stereocenters. The van der Waals surface area contributed by atoms with E-state index in [1.165, 1.54) is 6.07 Å². The van der Waals surface area contributed by atoms with Crippen LogP contribution >= 0.6 is 0 Å². The van der Waals surface area contributed by atoms with E-state index in [1.54, 1.807) is 30.3 Å². The molecule has 5 nitrogen and oxygen atoms in total. The molecule has 1 heterocycles. The first-order valence-electron chi connectivity index (χ1n) is 8.67. The summed E-state index contributed by atoms with van der Waals surface area (Å²) in [5, 5.41) is 12.6. The van der Waals surface area contributed by atoms with Crippen LogP contribution in [-0.4, -0.2) is 37.0 Å². The normalized spacial score (nSPS) is 14.6. The van der Waals surface area contributed by atoms with Crippen molar-refractivity contribution >= 4 is 24.1 Å². The molecule has 0 atom stereocenters. The number of ether oxygens (including phenoxy) is 1. The van der Waals surface area contributed by atoms with E-state index in [1.807, 2.05) is 0 Å². The summed E-state index contributed by atoms with van der Waals surface area (Å²) >= 11 is 0. The molecule has 140 valence electrons. The van der Waals surface area contributed by atoms with E-state index in [4.69, 9.17) is 4.74 Å². The SMILES string of the molecule is C=Nc1ccc(-c2ccc(C(=O)NC3CCOCC3)cc2F)cc1C(=C)O. The van der Waals surface area contributed by atoms with Crippen LogP contribution in [-0.2, 0) is 4.74 Å². The number of hydrogen-bond acceptors (Lipinski definition) is 4. The Hall–Kier alpha value is -2.99. The van der Waals surface area contributed by atoms with Crippen molar-refractivity contribution in [1.29, 1.82) is 0 Å². The molecule has 1 aliphatic heterocycles. The van der Waals surface area contributed by atoms with Gasteiger partial charge in [-0.1, -0.05) is 18.7 Å². The molecule has 1 saturated heterocycles. The Morgan fingerprint density at radius 3 is 2.59 bits per heavy atom. The minimum atomic E-state index is -0.525. The predicted molar refractivity (Wildman–Crippen MR) is 104 cm³/mol. The Morgan fingerprint density at radius 2 is 1.96 bits per heavy atom. The van der Waals surface area contributed by atoms with Crippen LogP contribution in [0.25, 0.3) is 16.9 Å². The Morgan fingerprint density at radius 1 is 1.22 bits per heavy atom. The largest absolute Gasteiger partial charge is 0.508 e. The molecule has 1 amide bonds. The number of nitrogens with one attached hydrogen (secondary N) is 1. The number of rotatable bonds is 5. The van der Waals surface area contributed by atoms with E-state index in [-0.39, 0.29) is 23.3 Å². The average Bonchev–Trinajstić information content (AvgIpc) is 2.68. The lowest BCUT2D eigenvalue weighted by molar-refractivity contribution is 0.0696. The first kappa shape index (κ1) is 18.8. The molecule has 0 spiro atoms. The fourth-order valence-corrected chi connectivity index (χ4v) is 3.07. The van der Waals surface area contributed by atoms with Crippen molar-refractivity contribution < 1.29 is 19.0 Å². The highest BCUT2D eigenvalue weighted by Crippen LogP contribution is 2.31. The summed E-state index contributed by atoms with van der Waals surface area (Å²) in [5.41, 5.74) is 1.96. The number of halogens is 1. The first-order chi connectivity index (χ1) is 13.0. The number of aliphatic imine (C=N–C) groups is 1. The number of hydrogen-bond donors (Lipinski definition) is 2. The van der Waals surface area contributed by atoms with E-state index in [9.17, 15) is 14.3 Å². The van der Waals surface area contributed by atoms with Gasteiger partial charge in [-0.15, -0.1) is 0 Å². The van der Waals surface area contributed by atoms with Gasteiger partial charge in [0.05, 0.1) is 5.69 Å². The number of aliphatic hydroxyl groups excluding tert-OH is 1. The van der Waals surface area contributed by atoms with Crippen molar-refractivity contribution in [2.24, 2.45) is 4.99 Å². The van der Waals surface area contributed by atoms with Crippen molar-refractivity contribution in [1.82, 2.24) is 5.32 Å². The Bertz CT molecular complexity index is 889. The van der Waals surface area contributed by atoms with Gasteiger partial charge in [-0.3, -0.25) is 9.79 Å². The van der Waals surface area contributed by atoms with Gasteiger partial charge in [-0.25, -0.2) is 4.39 Å². The van der Waals surface area contributed by atoms with Gasteiger partial charge in [0, 0.05) is 35.9 Å². The van der Waals surface area contributed by atoms with Gasteiger partial charge in [0.25, 0.3) is 5.91 Å². The molecule has 27 heavy (non-hydrogen) atoms. The lowest BCUT2D eigenvalue weighted by atomic mass is 9.99. The second-order valence-corrected chi connectivity index (χ2v) is 6.39. The lowest BCUT2D eigenvalue weighted by Crippen LogP contribution is -2.38. The van der Waals surface area contributed by atoms with Crippen molar-refractivity contribution in [2.75, 3.05) is 13.2 Å². The van der Waals surface area contributed by atoms with Gasteiger partial charge in [0.15, 0.2) is 0 Å². The highest BCUT2D eigenvalue weighted by Gasteiger charge is 2.18. The summed E-state index contributed by atoms with van der Waals surface area (Å²) in [6.07, 6.45) is 1.51. The highest BCUT2D eigenvalue weighted by molar-refractivity contribution is 5.95. The number of nitrogens with zero attached hydrogens (tertiary/aromatic N) is 1. The molecule has 0 aromatic heterocycles. The van der Waals surface area contributed by atoms with Gasteiger partial charge in [0.1, 0.15) is 11.6 Å². The van der Waals surface area contributed by atoms with Crippen LogP contribution < -0.4 is 5.32 Å². The quantitative estimate of drug-likeness (QED) is 0.612. The Labute approximate surface area is 157 Å². The fraction of sp³-hybridized carbons (Fsp3) is 0.238. The zero-order valence-corrected chi connectivity index (χ0v) is 14.9. The Balaban J connectivity index is 1.84. The van der Waals surface area contributed by atoms with Gasteiger partial charge in [-0.2, -0.15) is 0 Å². The van der Waals surface area contributed by atoms with Gasteiger partial charge in [-0.05, 0) is 49.4 Å². The van der Waals surface area contributed by atoms with E-state index < -0.39 is 5.82 Å². The molecule has 0 aliphatic carbocycles. The van der Waals surface area contributed by atoms with E-state index in [0.29, 0.717) is 35.6 Å². The molecule has 2 aromatic rings. The van der Waals surface area contributed by atoms with Crippen LogP contribution in [0.2, 0.25) is 0 Å². The van der Waals surface area contributed by atoms with Crippen LogP contribution in [0.3, 0.4) is 0 Å². The maximum atomic E-state index is 14.7. The van der Waals surface area contributed by atoms with E-state index >= 15 is 0 Å². The molecule has 0 bridgehead atoms. The lowest BCUT2D eigenvalue weighted by Gasteiger charge is -2.23. The van der Waals surface area contributed by atoms with Crippen molar-refractivity contribution in [2.45, 2.75) is 18.9 Å². The van der Waals surface area contributed by atoms with Crippen molar-refractivity contribution in [3.05, 3.63) is 59.9 Å². The zero-order chi connectivity index (χ0) is 19.4. The van der Waals surface area contributed by atoms with Gasteiger partial charge >= 0.3 is 0 Å². The van der Waals surface area contributed by atoms with E-state index in [2.05, 4.69) is 23.6 Å². The molecular weight excluding hydrogens is 347 g/mol.